The highest BCUT2D eigenvalue weighted by Gasteiger charge is 2.21. The lowest BCUT2D eigenvalue weighted by molar-refractivity contribution is -0.910. The van der Waals surface area contributed by atoms with Crippen LogP contribution in [0.3, 0.4) is 0 Å². The van der Waals surface area contributed by atoms with Gasteiger partial charge in [-0.3, -0.25) is 0 Å². The van der Waals surface area contributed by atoms with Crippen LogP contribution in [0.15, 0.2) is 0 Å². The van der Waals surface area contributed by atoms with Crippen molar-refractivity contribution in [3.63, 3.8) is 0 Å². The van der Waals surface area contributed by atoms with Crippen LogP contribution in [-0.2, 0) is 18.2 Å². The minimum Gasteiger partial charge on any atom is -0.566 e. The smallest absolute Gasteiger partial charge is 0.492 e. The van der Waals surface area contributed by atoms with Gasteiger partial charge < -0.3 is 18.8 Å². The Morgan fingerprint density at radius 3 is 0.868 bits per heavy atom. The first-order valence-corrected chi connectivity index (χ1v) is 17.9. The summed E-state index contributed by atoms with van der Waals surface area (Å²) in [7, 11) is -1.33. The van der Waals surface area contributed by atoms with Crippen molar-refractivity contribution >= 4 is 32.4 Å². The second-order valence-electron chi connectivity index (χ2n) is 10.6. The van der Waals surface area contributed by atoms with Crippen molar-refractivity contribution in [3.05, 3.63) is 0 Å². The number of rotatable bonds is 22. The Morgan fingerprint density at radius 1 is 0.553 bits per heavy atom. The summed E-state index contributed by atoms with van der Waals surface area (Å²) in [5.74, 6) is 0. The van der Waals surface area contributed by atoms with Gasteiger partial charge in [-0.2, -0.15) is 0 Å². The molecule has 0 rings (SSSR count). The van der Waals surface area contributed by atoms with Crippen LogP contribution in [0.25, 0.3) is 0 Å². The van der Waals surface area contributed by atoms with Crippen LogP contribution in [0.2, 0.25) is 0 Å². The number of hydrogen-bond acceptors (Lipinski definition) is 6. The SMILES string of the molecule is CCCC[N+](C)(CCCC)CCCC.CCCC[N+](C)(CCCC)CCCC.O=[P+]([O-])OC(Br)O[P+](=O)[O-]. The van der Waals surface area contributed by atoms with E-state index >= 15 is 0 Å². The summed E-state index contributed by atoms with van der Waals surface area (Å²) in [5.41, 5.74) is 0. The normalized spacial score (nSPS) is 13.1. The van der Waals surface area contributed by atoms with E-state index < -0.39 is 21.7 Å². The average molecular weight is 652 g/mol. The number of quaternary nitrogens is 2. The maximum absolute atomic E-state index is 9.70. The van der Waals surface area contributed by atoms with Gasteiger partial charge in [-0.15, -0.1) is 0 Å². The van der Waals surface area contributed by atoms with Gasteiger partial charge in [-0.05, 0) is 63.6 Å². The maximum atomic E-state index is 9.70. The van der Waals surface area contributed by atoms with Crippen LogP contribution in [0.1, 0.15) is 119 Å². The quantitative estimate of drug-likeness (QED) is 0.0524. The van der Waals surface area contributed by atoms with E-state index in [0.717, 1.165) is 0 Å². The zero-order valence-corrected chi connectivity index (χ0v) is 29.3. The molecule has 0 saturated heterocycles. The molecule has 0 aliphatic heterocycles. The van der Waals surface area contributed by atoms with Crippen LogP contribution in [0.4, 0.5) is 0 Å². The molecule has 38 heavy (non-hydrogen) atoms. The molecule has 0 heterocycles. The summed E-state index contributed by atoms with van der Waals surface area (Å²) < 4.78 is 29.7. The highest BCUT2D eigenvalue weighted by molar-refractivity contribution is 9.09. The van der Waals surface area contributed by atoms with E-state index in [9.17, 15) is 18.9 Å². The molecule has 11 heteroatoms. The van der Waals surface area contributed by atoms with E-state index in [1.54, 1.807) is 0 Å². The molecule has 0 amide bonds. The van der Waals surface area contributed by atoms with E-state index in [-0.39, 0.29) is 0 Å². The van der Waals surface area contributed by atoms with E-state index in [4.69, 9.17) is 0 Å². The summed E-state index contributed by atoms with van der Waals surface area (Å²) in [6.07, 6.45) is 16.4. The van der Waals surface area contributed by atoms with E-state index in [1.165, 1.54) is 125 Å². The molecule has 0 spiro atoms. The Morgan fingerprint density at radius 2 is 0.737 bits per heavy atom. The lowest BCUT2D eigenvalue weighted by Gasteiger charge is -2.34. The zero-order valence-electron chi connectivity index (χ0n) is 25.9. The molecule has 0 aromatic heterocycles. The van der Waals surface area contributed by atoms with Crippen LogP contribution in [0, 0.1) is 0 Å². The molecule has 0 aliphatic carbocycles. The summed E-state index contributed by atoms with van der Waals surface area (Å²) in [4.78, 5) is 19.4. The van der Waals surface area contributed by atoms with Gasteiger partial charge in [0.2, 0.25) is 0 Å². The molecule has 2 atom stereocenters. The fourth-order valence-corrected chi connectivity index (χ4v) is 5.31. The third-order valence-corrected chi connectivity index (χ3v) is 8.33. The topological polar surface area (TPSA) is 98.7 Å². The largest absolute Gasteiger partial charge is 0.566 e. The summed E-state index contributed by atoms with van der Waals surface area (Å²) in [5, 5.41) is -1.46. The van der Waals surface area contributed by atoms with Gasteiger partial charge in [0.05, 0.1) is 53.4 Å². The molecule has 0 aliphatic rings. The summed E-state index contributed by atoms with van der Waals surface area (Å²) in [6, 6.07) is 0. The van der Waals surface area contributed by atoms with E-state index in [1.807, 2.05) is 0 Å². The molecule has 0 radical (unpaired) electrons. The Hall–Kier alpha value is 0.440. The van der Waals surface area contributed by atoms with Crippen LogP contribution in [0.5, 0.6) is 0 Å². The molecule has 0 fully saturated rings. The van der Waals surface area contributed by atoms with Crippen LogP contribution >= 0.6 is 32.4 Å². The Bertz CT molecular complexity index is 472. The molecule has 2 unspecified atom stereocenters. The monoisotopic (exact) mass is 650 g/mol. The molecule has 8 nitrogen and oxygen atoms in total. The van der Waals surface area contributed by atoms with Gasteiger partial charge in [0.15, 0.2) is 0 Å². The van der Waals surface area contributed by atoms with Crippen molar-refractivity contribution < 1.29 is 36.9 Å². The van der Waals surface area contributed by atoms with Crippen LogP contribution < -0.4 is 9.79 Å². The summed E-state index contributed by atoms with van der Waals surface area (Å²) >= 11 is 2.47. The third-order valence-electron chi connectivity index (χ3n) is 6.65. The molecule has 0 bridgehead atoms. The molecule has 0 saturated carbocycles. The van der Waals surface area contributed by atoms with Gasteiger partial charge in [-0.1, -0.05) is 89.1 Å². The Labute approximate surface area is 246 Å². The van der Waals surface area contributed by atoms with Crippen molar-refractivity contribution in [2.24, 2.45) is 0 Å². The number of hydrogen-bond donors (Lipinski definition) is 0. The standard InChI is InChI=1S/2C13H30N.CHBrO6P2/c2*1-5-8-11-14(4,12-9-6-2)13-10-7-3;2-1(7-9(3)4)8-10(5)6/h2*5-13H2,1-4H3;1H/q2*+1;. The van der Waals surface area contributed by atoms with Gasteiger partial charge in [0.25, 0.3) is 0 Å². The second kappa shape index (κ2) is 29.0. The molecular formula is C27H61BrN2O6P2+2. The first-order chi connectivity index (χ1) is 17.9. The predicted octanol–water partition coefficient (Wildman–Crippen LogP) is 7.40. The molecular weight excluding hydrogens is 590 g/mol. The Balaban J connectivity index is -0.000000492. The zero-order chi connectivity index (χ0) is 29.9. The van der Waals surface area contributed by atoms with E-state index in [0.29, 0.717) is 0 Å². The van der Waals surface area contributed by atoms with Crippen molar-refractivity contribution in [1.29, 1.82) is 0 Å². The van der Waals surface area contributed by atoms with Crippen molar-refractivity contribution in [2.45, 2.75) is 124 Å². The van der Waals surface area contributed by atoms with Gasteiger partial charge in [-0.25, -0.2) is 0 Å². The number of nitrogens with zero attached hydrogens (tertiary/aromatic N) is 2. The predicted molar refractivity (Wildman–Crippen MR) is 161 cm³/mol. The average Bonchev–Trinajstić information content (AvgIpc) is 2.86. The van der Waals surface area contributed by atoms with E-state index in [2.05, 4.69) is 80.6 Å². The van der Waals surface area contributed by atoms with Gasteiger partial charge in [0, 0.05) is 0 Å². The number of unbranched alkanes of at least 4 members (excludes halogenated alkanes) is 6. The fraction of sp³-hybridized carbons (Fsp3) is 1.00. The van der Waals surface area contributed by atoms with Gasteiger partial charge >= 0.3 is 21.7 Å². The second-order valence-corrected chi connectivity index (χ2v) is 12.7. The Kier molecular flexibility index (Phi) is 32.7. The molecule has 0 aromatic rings. The van der Waals surface area contributed by atoms with Crippen molar-refractivity contribution in [3.8, 4) is 0 Å². The van der Waals surface area contributed by atoms with Crippen LogP contribution in [-0.4, -0.2) is 67.5 Å². The fourth-order valence-electron chi connectivity index (χ4n) is 4.06. The lowest BCUT2D eigenvalue weighted by atomic mass is 10.2. The first-order valence-electron chi connectivity index (χ1n) is 14.8. The molecule has 230 valence electrons. The highest BCUT2D eigenvalue weighted by atomic mass is 79.9. The third kappa shape index (κ3) is 31.0. The van der Waals surface area contributed by atoms with Gasteiger partial charge in [0.1, 0.15) is 0 Å². The minimum absolute atomic E-state index is 1.32. The minimum atomic E-state index is -3.11. The number of alkyl halides is 1. The first kappa shape index (κ1) is 42.9. The maximum Gasteiger partial charge on any atom is 0.492 e. The highest BCUT2D eigenvalue weighted by Crippen LogP contribution is 2.24. The lowest BCUT2D eigenvalue weighted by Crippen LogP contribution is -2.46. The van der Waals surface area contributed by atoms with Crippen molar-refractivity contribution in [1.82, 2.24) is 0 Å². The molecule has 0 aromatic carbocycles. The number of halogens is 1. The van der Waals surface area contributed by atoms with Crippen molar-refractivity contribution in [2.75, 3.05) is 53.4 Å². The molecule has 0 N–H and O–H groups in total. The summed E-state index contributed by atoms with van der Waals surface area (Å²) in [6.45, 7) is 22.1.